The highest BCUT2D eigenvalue weighted by Crippen LogP contribution is 2.21. The number of hydrogen-bond donors (Lipinski definition) is 2. The second kappa shape index (κ2) is 6.86. The lowest BCUT2D eigenvalue weighted by Gasteiger charge is -2.21. The maximum Gasteiger partial charge on any atom is 0.224 e. The minimum Gasteiger partial charge on any atom is -0.379 e. The van der Waals surface area contributed by atoms with Crippen LogP contribution >= 0.6 is 0 Å². The van der Waals surface area contributed by atoms with E-state index in [1.807, 2.05) is 13.8 Å². The van der Waals surface area contributed by atoms with Gasteiger partial charge in [0.25, 0.3) is 0 Å². The molecule has 0 bridgehead atoms. The maximum absolute atomic E-state index is 11.9. The van der Waals surface area contributed by atoms with Crippen LogP contribution < -0.4 is 10.6 Å². The van der Waals surface area contributed by atoms with E-state index in [-0.39, 0.29) is 24.0 Å². The topological polar surface area (TPSA) is 50.4 Å². The number of hydrogen-bond acceptors (Lipinski definition) is 3. The van der Waals surface area contributed by atoms with Gasteiger partial charge in [0, 0.05) is 19.6 Å². The quantitative estimate of drug-likeness (QED) is 0.710. The highest BCUT2D eigenvalue weighted by atomic mass is 16.5. The molecule has 0 saturated heterocycles. The van der Waals surface area contributed by atoms with Crippen LogP contribution in [0.1, 0.15) is 33.1 Å². The summed E-state index contributed by atoms with van der Waals surface area (Å²) in [4.78, 5) is 11.9. The molecule has 0 heterocycles. The standard InChI is InChI=1S/C12H24N2O2/c1-4-13-8-9(2)12(15)14-10-6-5-7-11(10)16-3/h9-11,13H,4-8H2,1-3H3,(H,14,15). The molecule has 0 aliphatic heterocycles. The van der Waals surface area contributed by atoms with Crippen molar-refractivity contribution in [2.75, 3.05) is 20.2 Å². The molecule has 16 heavy (non-hydrogen) atoms. The largest absolute Gasteiger partial charge is 0.379 e. The molecule has 1 amide bonds. The molecule has 0 aromatic heterocycles. The van der Waals surface area contributed by atoms with Gasteiger partial charge in [0.2, 0.25) is 5.91 Å². The Morgan fingerprint density at radius 3 is 2.88 bits per heavy atom. The zero-order valence-electron chi connectivity index (χ0n) is 10.6. The molecule has 0 aromatic carbocycles. The minimum absolute atomic E-state index is 0.0260. The zero-order valence-corrected chi connectivity index (χ0v) is 10.6. The van der Waals surface area contributed by atoms with Crippen LogP contribution in [0.2, 0.25) is 0 Å². The van der Waals surface area contributed by atoms with E-state index in [4.69, 9.17) is 4.74 Å². The summed E-state index contributed by atoms with van der Waals surface area (Å²) in [5.41, 5.74) is 0. The first-order valence-corrected chi connectivity index (χ1v) is 6.23. The average Bonchev–Trinajstić information content (AvgIpc) is 2.72. The third-order valence-corrected chi connectivity index (χ3v) is 3.23. The fourth-order valence-electron chi connectivity index (χ4n) is 2.15. The van der Waals surface area contributed by atoms with Gasteiger partial charge in [-0.1, -0.05) is 13.8 Å². The molecule has 1 aliphatic carbocycles. The minimum atomic E-state index is 0.0260. The van der Waals surface area contributed by atoms with Gasteiger partial charge in [0.05, 0.1) is 12.1 Å². The molecule has 0 spiro atoms. The van der Waals surface area contributed by atoms with Crippen molar-refractivity contribution in [1.82, 2.24) is 10.6 Å². The molecular weight excluding hydrogens is 204 g/mol. The van der Waals surface area contributed by atoms with E-state index in [2.05, 4.69) is 10.6 Å². The summed E-state index contributed by atoms with van der Waals surface area (Å²) in [7, 11) is 1.72. The first-order chi connectivity index (χ1) is 7.69. The monoisotopic (exact) mass is 228 g/mol. The highest BCUT2D eigenvalue weighted by Gasteiger charge is 2.29. The zero-order chi connectivity index (χ0) is 12.0. The molecule has 3 atom stereocenters. The Bertz CT molecular complexity index is 221. The first-order valence-electron chi connectivity index (χ1n) is 6.23. The Balaban J connectivity index is 2.32. The van der Waals surface area contributed by atoms with Gasteiger partial charge in [-0.2, -0.15) is 0 Å². The molecule has 1 aliphatic rings. The lowest BCUT2D eigenvalue weighted by Crippen LogP contribution is -2.44. The van der Waals surface area contributed by atoms with E-state index < -0.39 is 0 Å². The van der Waals surface area contributed by atoms with E-state index >= 15 is 0 Å². The second-order valence-electron chi connectivity index (χ2n) is 4.53. The molecule has 4 heteroatoms. The third-order valence-electron chi connectivity index (χ3n) is 3.23. The van der Waals surface area contributed by atoms with Gasteiger partial charge in [0.15, 0.2) is 0 Å². The summed E-state index contributed by atoms with van der Waals surface area (Å²) >= 11 is 0. The summed E-state index contributed by atoms with van der Waals surface area (Å²) < 4.78 is 5.36. The van der Waals surface area contributed by atoms with Crippen molar-refractivity contribution < 1.29 is 9.53 Å². The van der Waals surface area contributed by atoms with Crippen LogP contribution in [0.4, 0.5) is 0 Å². The van der Waals surface area contributed by atoms with Gasteiger partial charge < -0.3 is 15.4 Å². The molecule has 3 unspecified atom stereocenters. The van der Waals surface area contributed by atoms with Crippen molar-refractivity contribution in [2.24, 2.45) is 5.92 Å². The van der Waals surface area contributed by atoms with Gasteiger partial charge in [-0.25, -0.2) is 0 Å². The second-order valence-corrected chi connectivity index (χ2v) is 4.53. The van der Waals surface area contributed by atoms with E-state index in [1.165, 1.54) is 0 Å². The van der Waals surface area contributed by atoms with Crippen molar-refractivity contribution in [3.05, 3.63) is 0 Å². The fraction of sp³-hybridized carbons (Fsp3) is 0.917. The van der Waals surface area contributed by atoms with Crippen molar-refractivity contribution >= 4 is 5.91 Å². The maximum atomic E-state index is 11.9. The Kier molecular flexibility index (Phi) is 5.77. The average molecular weight is 228 g/mol. The number of nitrogens with one attached hydrogen (secondary N) is 2. The number of ether oxygens (including phenoxy) is 1. The van der Waals surface area contributed by atoms with E-state index in [0.717, 1.165) is 32.4 Å². The van der Waals surface area contributed by atoms with Gasteiger partial charge in [-0.15, -0.1) is 0 Å². The molecular formula is C12H24N2O2. The van der Waals surface area contributed by atoms with Crippen molar-refractivity contribution in [1.29, 1.82) is 0 Å². The Labute approximate surface area is 98.1 Å². The van der Waals surface area contributed by atoms with Crippen molar-refractivity contribution in [3.63, 3.8) is 0 Å². The van der Waals surface area contributed by atoms with Gasteiger partial charge in [-0.05, 0) is 25.8 Å². The summed E-state index contributed by atoms with van der Waals surface area (Å²) in [5.74, 6) is 0.160. The fourth-order valence-corrected chi connectivity index (χ4v) is 2.15. The smallest absolute Gasteiger partial charge is 0.224 e. The number of methoxy groups -OCH3 is 1. The predicted octanol–water partition coefficient (Wildman–Crippen LogP) is 0.916. The first kappa shape index (κ1) is 13.5. The molecule has 4 nitrogen and oxygen atoms in total. The Hall–Kier alpha value is -0.610. The Morgan fingerprint density at radius 2 is 2.25 bits per heavy atom. The predicted molar refractivity (Wildman–Crippen MR) is 64.3 cm³/mol. The lowest BCUT2D eigenvalue weighted by molar-refractivity contribution is -0.125. The normalized spacial score (nSPS) is 26.7. The van der Waals surface area contributed by atoms with Crippen LogP contribution in [0.25, 0.3) is 0 Å². The van der Waals surface area contributed by atoms with Gasteiger partial charge >= 0.3 is 0 Å². The number of rotatable bonds is 6. The Morgan fingerprint density at radius 1 is 1.50 bits per heavy atom. The van der Waals surface area contributed by atoms with Crippen molar-refractivity contribution in [2.45, 2.75) is 45.3 Å². The number of carbonyl (C=O) groups is 1. The molecule has 1 rings (SSSR count). The summed E-state index contributed by atoms with van der Waals surface area (Å²) in [6.45, 7) is 5.64. The number of amides is 1. The SMILES string of the molecule is CCNCC(C)C(=O)NC1CCCC1OC. The molecule has 94 valence electrons. The van der Waals surface area contributed by atoms with Gasteiger partial charge in [0.1, 0.15) is 0 Å². The van der Waals surface area contributed by atoms with Crippen LogP contribution in [0, 0.1) is 5.92 Å². The van der Waals surface area contributed by atoms with Crippen LogP contribution in [-0.4, -0.2) is 38.3 Å². The molecule has 1 saturated carbocycles. The van der Waals surface area contributed by atoms with Crippen LogP contribution in [0.5, 0.6) is 0 Å². The number of carbonyl (C=O) groups excluding carboxylic acids is 1. The summed E-state index contributed by atoms with van der Waals surface area (Å²) in [6.07, 6.45) is 3.45. The highest BCUT2D eigenvalue weighted by molar-refractivity contribution is 5.78. The van der Waals surface area contributed by atoms with Crippen LogP contribution in [0.3, 0.4) is 0 Å². The summed E-state index contributed by atoms with van der Waals surface area (Å²) in [5, 5.41) is 6.27. The van der Waals surface area contributed by atoms with Crippen LogP contribution in [0.15, 0.2) is 0 Å². The molecule has 2 N–H and O–H groups in total. The van der Waals surface area contributed by atoms with Gasteiger partial charge in [-0.3, -0.25) is 4.79 Å². The van der Waals surface area contributed by atoms with Crippen molar-refractivity contribution in [3.8, 4) is 0 Å². The molecule has 1 fully saturated rings. The summed E-state index contributed by atoms with van der Waals surface area (Å²) in [6, 6.07) is 0.210. The van der Waals surface area contributed by atoms with E-state index in [1.54, 1.807) is 7.11 Å². The van der Waals surface area contributed by atoms with Crippen LogP contribution in [-0.2, 0) is 9.53 Å². The lowest BCUT2D eigenvalue weighted by atomic mass is 10.1. The van der Waals surface area contributed by atoms with E-state index in [0.29, 0.717) is 0 Å². The third kappa shape index (κ3) is 3.76. The molecule has 0 radical (unpaired) electrons. The molecule has 0 aromatic rings. The van der Waals surface area contributed by atoms with E-state index in [9.17, 15) is 4.79 Å².